The van der Waals surface area contributed by atoms with E-state index in [1.54, 1.807) is 0 Å². The topological polar surface area (TPSA) is 30.2 Å². The fraction of sp³-hybridized carbons (Fsp3) is 0.250. The normalized spacial score (nSPS) is 12.0. The lowest BCUT2D eigenvalue weighted by atomic mass is 10.1. The first-order valence-electron chi connectivity index (χ1n) is 8.33. The van der Waals surface area contributed by atoms with Crippen molar-refractivity contribution in [2.75, 3.05) is 20.6 Å². The van der Waals surface area contributed by atoms with Crippen molar-refractivity contribution in [2.45, 2.75) is 6.54 Å². The second-order valence-corrected chi connectivity index (χ2v) is 7.16. The van der Waals surface area contributed by atoms with Gasteiger partial charge in [-0.05, 0) is 38.4 Å². The molecule has 0 radical (unpaired) electrons. The lowest BCUT2D eigenvalue weighted by Crippen LogP contribution is -2.27. The average molecular weight is 354 g/mol. The van der Waals surface area contributed by atoms with Crippen LogP contribution in [0.4, 0.5) is 0 Å². The summed E-state index contributed by atoms with van der Waals surface area (Å²) in [4.78, 5) is 15.4. The molecule has 0 aliphatic carbocycles. The third-order valence-electron chi connectivity index (χ3n) is 4.84. The number of pyridine rings is 1. The van der Waals surface area contributed by atoms with E-state index in [0.717, 1.165) is 39.3 Å². The lowest BCUT2D eigenvalue weighted by Gasteiger charge is -2.15. The van der Waals surface area contributed by atoms with E-state index in [-0.39, 0.29) is 5.56 Å². The van der Waals surface area contributed by atoms with Crippen LogP contribution in [0.15, 0.2) is 47.3 Å². The van der Waals surface area contributed by atoms with Gasteiger partial charge in [0.1, 0.15) is 5.52 Å². The van der Waals surface area contributed by atoms with Gasteiger partial charge in [0.05, 0.1) is 5.52 Å². The van der Waals surface area contributed by atoms with Crippen molar-refractivity contribution in [2.24, 2.45) is 7.05 Å². The van der Waals surface area contributed by atoms with Gasteiger partial charge in [-0.1, -0.05) is 29.8 Å². The molecule has 0 spiro atoms. The molecule has 0 N–H and O–H groups in total. The number of halogens is 1. The third-order valence-corrected chi connectivity index (χ3v) is 5.08. The Kier molecular flexibility index (Phi) is 3.82. The Balaban J connectivity index is 2.21. The Labute approximate surface area is 150 Å². The Morgan fingerprint density at radius 3 is 2.56 bits per heavy atom. The molecule has 0 bridgehead atoms. The number of para-hydroxylation sites is 1. The van der Waals surface area contributed by atoms with E-state index < -0.39 is 0 Å². The minimum absolute atomic E-state index is 0.0466. The van der Waals surface area contributed by atoms with Gasteiger partial charge in [0.2, 0.25) is 0 Å². The molecule has 0 saturated carbocycles. The van der Waals surface area contributed by atoms with Crippen molar-refractivity contribution in [1.29, 1.82) is 0 Å². The van der Waals surface area contributed by atoms with E-state index in [2.05, 4.69) is 11.0 Å². The molecule has 0 amide bonds. The minimum atomic E-state index is 0.0466. The monoisotopic (exact) mass is 353 g/mol. The van der Waals surface area contributed by atoms with E-state index >= 15 is 0 Å². The standard InChI is InChI=1S/C20H20ClN3O/c1-22(2)10-11-24-17-7-5-4-6-14(17)18-15-12-13(21)8-9-16(15)23(3)19(18)20(24)25/h4-9,12H,10-11H2,1-3H3. The van der Waals surface area contributed by atoms with E-state index in [4.69, 9.17) is 11.6 Å². The quantitative estimate of drug-likeness (QED) is 0.560. The molecule has 128 valence electrons. The molecule has 5 heteroatoms. The van der Waals surface area contributed by atoms with E-state index in [1.165, 1.54) is 0 Å². The van der Waals surface area contributed by atoms with Crippen LogP contribution in [0.2, 0.25) is 5.02 Å². The molecule has 0 unspecified atom stereocenters. The van der Waals surface area contributed by atoms with Crippen LogP contribution < -0.4 is 5.56 Å². The molecule has 0 fully saturated rings. The summed E-state index contributed by atoms with van der Waals surface area (Å²) in [5, 5.41) is 3.78. The number of hydrogen-bond acceptors (Lipinski definition) is 2. The molecular weight excluding hydrogens is 334 g/mol. The summed E-state index contributed by atoms with van der Waals surface area (Å²) in [5.41, 5.74) is 2.77. The zero-order valence-electron chi connectivity index (χ0n) is 14.6. The predicted octanol–water partition coefficient (Wildman–Crippen LogP) is 3.86. The fourth-order valence-corrected chi connectivity index (χ4v) is 3.79. The van der Waals surface area contributed by atoms with Gasteiger partial charge < -0.3 is 14.0 Å². The van der Waals surface area contributed by atoms with E-state index in [9.17, 15) is 4.79 Å². The summed E-state index contributed by atoms with van der Waals surface area (Å²) in [5.74, 6) is 0. The Hall–Kier alpha value is -2.30. The second-order valence-electron chi connectivity index (χ2n) is 6.72. The van der Waals surface area contributed by atoms with Crippen molar-refractivity contribution < 1.29 is 0 Å². The maximum absolute atomic E-state index is 13.3. The molecule has 4 nitrogen and oxygen atoms in total. The molecular formula is C20H20ClN3O. The number of likely N-dealkylation sites (N-methyl/N-ethyl adjacent to an activating group) is 1. The summed E-state index contributed by atoms with van der Waals surface area (Å²) >= 11 is 6.24. The molecule has 25 heavy (non-hydrogen) atoms. The van der Waals surface area contributed by atoms with Gasteiger partial charge in [-0.25, -0.2) is 0 Å². The van der Waals surface area contributed by atoms with Gasteiger partial charge in [-0.3, -0.25) is 4.79 Å². The van der Waals surface area contributed by atoms with Gasteiger partial charge in [-0.15, -0.1) is 0 Å². The Morgan fingerprint density at radius 1 is 1.04 bits per heavy atom. The number of fused-ring (bicyclic) bond motifs is 5. The highest BCUT2D eigenvalue weighted by Gasteiger charge is 2.18. The predicted molar refractivity (Wildman–Crippen MR) is 106 cm³/mol. The zero-order valence-corrected chi connectivity index (χ0v) is 15.3. The van der Waals surface area contributed by atoms with Crippen molar-refractivity contribution in [3.63, 3.8) is 0 Å². The first-order valence-corrected chi connectivity index (χ1v) is 8.70. The van der Waals surface area contributed by atoms with Gasteiger partial charge in [0.15, 0.2) is 0 Å². The molecule has 2 aromatic carbocycles. The van der Waals surface area contributed by atoms with Crippen molar-refractivity contribution >= 4 is 44.3 Å². The highest BCUT2D eigenvalue weighted by Crippen LogP contribution is 2.33. The average Bonchev–Trinajstić information content (AvgIpc) is 2.87. The molecule has 4 rings (SSSR count). The van der Waals surface area contributed by atoms with Crippen molar-refractivity contribution in [3.8, 4) is 0 Å². The third kappa shape index (κ3) is 2.44. The highest BCUT2D eigenvalue weighted by molar-refractivity contribution is 6.32. The molecule has 0 saturated heterocycles. The number of benzene rings is 2. The number of aromatic nitrogens is 2. The van der Waals surface area contributed by atoms with Crippen LogP contribution in [-0.4, -0.2) is 34.7 Å². The molecule has 2 aromatic heterocycles. The van der Waals surface area contributed by atoms with Gasteiger partial charge in [-0.2, -0.15) is 0 Å². The lowest BCUT2D eigenvalue weighted by molar-refractivity contribution is 0.384. The maximum Gasteiger partial charge on any atom is 0.275 e. The number of aryl methyl sites for hydroxylation is 1. The zero-order chi connectivity index (χ0) is 17.7. The highest BCUT2D eigenvalue weighted by atomic mass is 35.5. The van der Waals surface area contributed by atoms with Crippen LogP contribution in [0.3, 0.4) is 0 Å². The molecule has 2 heterocycles. The smallest absolute Gasteiger partial charge is 0.275 e. The molecule has 0 aliphatic rings. The minimum Gasteiger partial charge on any atom is -0.339 e. The molecule has 4 aromatic rings. The van der Waals surface area contributed by atoms with Gasteiger partial charge >= 0.3 is 0 Å². The van der Waals surface area contributed by atoms with Crippen LogP contribution >= 0.6 is 11.6 Å². The summed E-state index contributed by atoms with van der Waals surface area (Å²) in [6, 6.07) is 13.9. The molecule has 0 aliphatic heterocycles. The second kappa shape index (κ2) is 5.90. The fourth-order valence-electron chi connectivity index (χ4n) is 3.62. The van der Waals surface area contributed by atoms with E-state index in [1.807, 2.05) is 66.7 Å². The van der Waals surface area contributed by atoms with Crippen molar-refractivity contribution in [1.82, 2.24) is 14.0 Å². The van der Waals surface area contributed by atoms with Gasteiger partial charge in [0.25, 0.3) is 5.56 Å². The number of nitrogens with zero attached hydrogens (tertiary/aromatic N) is 3. The van der Waals surface area contributed by atoms with E-state index in [0.29, 0.717) is 11.6 Å². The summed E-state index contributed by atoms with van der Waals surface area (Å²) < 4.78 is 3.88. The van der Waals surface area contributed by atoms with Crippen LogP contribution in [0.25, 0.3) is 32.7 Å². The van der Waals surface area contributed by atoms with Crippen LogP contribution in [0.5, 0.6) is 0 Å². The SMILES string of the molecule is CN(C)CCn1c(=O)c2c(c3ccccc31)c1cc(Cl)ccc1n2C. The van der Waals surface area contributed by atoms with Crippen LogP contribution in [0.1, 0.15) is 0 Å². The largest absolute Gasteiger partial charge is 0.339 e. The maximum atomic E-state index is 13.3. The Bertz CT molecular complexity index is 1170. The molecule has 0 atom stereocenters. The van der Waals surface area contributed by atoms with Crippen LogP contribution in [-0.2, 0) is 13.6 Å². The Morgan fingerprint density at radius 2 is 1.80 bits per heavy atom. The summed E-state index contributed by atoms with van der Waals surface area (Å²) in [6.07, 6.45) is 0. The summed E-state index contributed by atoms with van der Waals surface area (Å²) in [7, 11) is 5.99. The summed E-state index contributed by atoms with van der Waals surface area (Å²) in [6.45, 7) is 1.47. The first kappa shape index (κ1) is 16.2. The van der Waals surface area contributed by atoms with Gasteiger partial charge in [0, 0.05) is 46.8 Å². The number of rotatable bonds is 3. The van der Waals surface area contributed by atoms with Crippen LogP contribution in [0, 0.1) is 0 Å². The first-order chi connectivity index (χ1) is 12.0. The number of hydrogen-bond donors (Lipinski definition) is 0. The van der Waals surface area contributed by atoms with Crippen molar-refractivity contribution in [3.05, 3.63) is 57.8 Å².